The molecule has 1 N–H and O–H groups in total. The molecule has 0 radical (unpaired) electrons. The van der Waals surface area contributed by atoms with Crippen LogP contribution in [0.2, 0.25) is 0 Å². The maximum atomic E-state index is 13.7. The molecule has 0 bridgehead atoms. The highest BCUT2D eigenvalue weighted by molar-refractivity contribution is 5.84. The Morgan fingerprint density at radius 1 is 1.21 bits per heavy atom. The Morgan fingerprint density at radius 2 is 1.97 bits per heavy atom. The van der Waals surface area contributed by atoms with E-state index in [-0.39, 0.29) is 17.9 Å². The Labute approximate surface area is 198 Å². The summed E-state index contributed by atoms with van der Waals surface area (Å²) in [5.41, 5.74) is 0.00389. The number of aromatic nitrogens is 2. The summed E-state index contributed by atoms with van der Waals surface area (Å²) in [7, 11) is 0. The average Bonchev–Trinajstić information content (AvgIpc) is 3.28. The molecule has 2 aromatic rings. The maximum absolute atomic E-state index is 13.7. The normalized spacial score (nSPS) is 23.5. The fourth-order valence-corrected chi connectivity index (χ4v) is 5.20. The van der Waals surface area contributed by atoms with E-state index in [1.54, 1.807) is 6.20 Å². The summed E-state index contributed by atoms with van der Waals surface area (Å²) < 4.78 is 39.2. The van der Waals surface area contributed by atoms with Crippen LogP contribution in [-0.2, 0) is 17.5 Å². The number of hydrogen-bond donors (Lipinski definition) is 1. The minimum absolute atomic E-state index is 0.171. The van der Waals surface area contributed by atoms with E-state index in [1.807, 2.05) is 28.1 Å². The third-order valence-electron chi connectivity index (χ3n) is 7.36. The lowest BCUT2D eigenvalue weighted by Gasteiger charge is -2.42. The number of nitrogens with zero attached hydrogens (tertiary/aromatic N) is 4. The van der Waals surface area contributed by atoms with Crippen LogP contribution in [-0.4, -0.2) is 53.0 Å². The van der Waals surface area contributed by atoms with Gasteiger partial charge in [-0.15, -0.1) is 0 Å². The van der Waals surface area contributed by atoms with Crippen molar-refractivity contribution in [2.45, 2.75) is 51.9 Å². The standard InChI is InChI=1S/C25H32F3N5O/c1-18(2)24(7-5-21(15-24)31-17-19-4-3-8-29-16-19)23(34)33-12-10-32(11-13-33)22-14-20(6-9-30-22)25(26,27)28/h3-4,6,8-9,14,16,18,21,31H,5,7,10-13,15,17H2,1-2H3/t21-,24+/m1/s1. The number of amides is 1. The molecule has 34 heavy (non-hydrogen) atoms. The summed E-state index contributed by atoms with van der Waals surface area (Å²) in [5, 5.41) is 3.59. The molecule has 2 aliphatic rings. The van der Waals surface area contributed by atoms with E-state index in [1.165, 1.54) is 6.20 Å². The van der Waals surface area contributed by atoms with Gasteiger partial charge in [-0.25, -0.2) is 4.98 Å². The van der Waals surface area contributed by atoms with Gasteiger partial charge in [-0.05, 0) is 48.9 Å². The zero-order chi connectivity index (χ0) is 24.3. The molecular weight excluding hydrogens is 443 g/mol. The summed E-state index contributed by atoms with van der Waals surface area (Å²) in [5.74, 6) is 0.680. The lowest BCUT2D eigenvalue weighted by molar-refractivity contribution is -0.145. The first-order valence-corrected chi connectivity index (χ1v) is 11.9. The number of halogens is 3. The van der Waals surface area contributed by atoms with E-state index < -0.39 is 17.2 Å². The van der Waals surface area contributed by atoms with Crippen LogP contribution in [0.5, 0.6) is 0 Å². The van der Waals surface area contributed by atoms with Gasteiger partial charge in [0.05, 0.1) is 11.0 Å². The van der Waals surface area contributed by atoms with E-state index in [4.69, 9.17) is 0 Å². The smallest absolute Gasteiger partial charge is 0.353 e. The summed E-state index contributed by atoms with van der Waals surface area (Å²) in [6.45, 7) is 6.86. The second-order valence-electron chi connectivity index (χ2n) is 9.67. The van der Waals surface area contributed by atoms with Crippen molar-refractivity contribution in [3.8, 4) is 0 Å². The molecule has 1 aliphatic heterocycles. The van der Waals surface area contributed by atoms with Crippen molar-refractivity contribution in [3.63, 3.8) is 0 Å². The van der Waals surface area contributed by atoms with Crippen LogP contribution in [0.3, 0.4) is 0 Å². The van der Waals surface area contributed by atoms with Gasteiger partial charge in [0.25, 0.3) is 0 Å². The Bertz CT molecular complexity index is 976. The summed E-state index contributed by atoms with van der Waals surface area (Å²) >= 11 is 0. The SMILES string of the molecule is CC(C)[C@]1(C(=O)N2CCN(c3cc(C(F)(F)F)ccn3)CC2)CC[C@@H](NCc2cccnc2)C1. The zero-order valence-electron chi connectivity index (χ0n) is 19.7. The molecule has 4 rings (SSSR count). The number of piperazine rings is 1. The van der Waals surface area contributed by atoms with Crippen LogP contribution in [0, 0.1) is 11.3 Å². The van der Waals surface area contributed by atoms with Gasteiger partial charge in [0.1, 0.15) is 5.82 Å². The van der Waals surface area contributed by atoms with Gasteiger partial charge < -0.3 is 15.1 Å². The summed E-state index contributed by atoms with van der Waals surface area (Å²) in [6, 6.07) is 6.29. The molecule has 2 fully saturated rings. The minimum atomic E-state index is -4.40. The van der Waals surface area contributed by atoms with Gasteiger partial charge in [-0.1, -0.05) is 19.9 Å². The first-order chi connectivity index (χ1) is 16.2. The van der Waals surface area contributed by atoms with Crippen LogP contribution < -0.4 is 10.2 Å². The maximum Gasteiger partial charge on any atom is 0.416 e. The fourth-order valence-electron chi connectivity index (χ4n) is 5.20. The Balaban J connectivity index is 1.37. The molecule has 0 aromatic carbocycles. The van der Waals surface area contributed by atoms with Gasteiger partial charge in [0.2, 0.25) is 5.91 Å². The van der Waals surface area contributed by atoms with Crippen molar-refractivity contribution < 1.29 is 18.0 Å². The predicted molar refractivity (Wildman–Crippen MR) is 124 cm³/mol. The highest BCUT2D eigenvalue weighted by Crippen LogP contribution is 2.46. The van der Waals surface area contributed by atoms with Gasteiger partial charge in [0, 0.05) is 57.4 Å². The monoisotopic (exact) mass is 475 g/mol. The molecule has 1 saturated carbocycles. The topological polar surface area (TPSA) is 61.4 Å². The minimum Gasteiger partial charge on any atom is -0.353 e. The van der Waals surface area contributed by atoms with E-state index in [2.05, 4.69) is 29.1 Å². The lowest BCUT2D eigenvalue weighted by Crippen LogP contribution is -2.54. The molecule has 2 aromatic heterocycles. The molecular formula is C25H32F3N5O. The van der Waals surface area contributed by atoms with E-state index in [0.717, 1.165) is 43.5 Å². The Kier molecular flexibility index (Phi) is 7.12. The lowest BCUT2D eigenvalue weighted by atomic mass is 9.74. The number of anilines is 1. The van der Waals surface area contributed by atoms with Gasteiger partial charge in [-0.3, -0.25) is 9.78 Å². The molecule has 3 heterocycles. The second-order valence-corrected chi connectivity index (χ2v) is 9.67. The van der Waals surface area contributed by atoms with Crippen LogP contribution in [0.25, 0.3) is 0 Å². The number of nitrogens with one attached hydrogen (secondary N) is 1. The molecule has 1 aliphatic carbocycles. The second kappa shape index (κ2) is 9.90. The molecule has 6 nitrogen and oxygen atoms in total. The van der Waals surface area contributed by atoms with Crippen molar-refractivity contribution in [2.24, 2.45) is 11.3 Å². The third kappa shape index (κ3) is 5.19. The van der Waals surface area contributed by atoms with Crippen LogP contribution in [0.1, 0.15) is 44.2 Å². The highest BCUT2D eigenvalue weighted by atomic mass is 19.4. The number of carbonyl (C=O) groups excluding carboxylic acids is 1. The van der Waals surface area contributed by atoms with Crippen LogP contribution in [0.4, 0.5) is 19.0 Å². The average molecular weight is 476 g/mol. The molecule has 1 amide bonds. The summed E-state index contributed by atoms with van der Waals surface area (Å²) in [6.07, 6.45) is 2.97. The van der Waals surface area contributed by atoms with Crippen molar-refractivity contribution in [3.05, 3.63) is 54.0 Å². The third-order valence-corrected chi connectivity index (χ3v) is 7.36. The van der Waals surface area contributed by atoms with Crippen LogP contribution >= 0.6 is 0 Å². The van der Waals surface area contributed by atoms with E-state index in [0.29, 0.717) is 32.0 Å². The number of rotatable bonds is 6. The van der Waals surface area contributed by atoms with E-state index >= 15 is 0 Å². The van der Waals surface area contributed by atoms with E-state index in [9.17, 15) is 18.0 Å². The number of hydrogen-bond acceptors (Lipinski definition) is 5. The van der Waals surface area contributed by atoms with Gasteiger partial charge in [-0.2, -0.15) is 13.2 Å². The number of alkyl halides is 3. The van der Waals surface area contributed by atoms with Gasteiger partial charge in [0.15, 0.2) is 0 Å². The van der Waals surface area contributed by atoms with Crippen molar-refractivity contribution in [2.75, 3.05) is 31.1 Å². The Hall–Kier alpha value is -2.68. The predicted octanol–water partition coefficient (Wildman–Crippen LogP) is 4.13. The zero-order valence-corrected chi connectivity index (χ0v) is 19.7. The van der Waals surface area contributed by atoms with Crippen molar-refractivity contribution in [1.29, 1.82) is 0 Å². The fraction of sp³-hybridized carbons (Fsp3) is 0.560. The molecule has 0 spiro atoms. The number of pyridine rings is 2. The quantitative estimate of drug-likeness (QED) is 0.681. The van der Waals surface area contributed by atoms with Gasteiger partial charge >= 0.3 is 6.18 Å². The first-order valence-electron chi connectivity index (χ1n) is 11.9. The Morgan fingerprint density at radius 3 is 2.62 bits per heavy atom. The molecule has 1 saturated heterocycles. The molecule has 184 valence electrons. The number of carbonyl (C=O) groups is 1. The van der Waals surface area contributed by atoms with Crippen molar-refractivity contribution in [1.82, 2.24) is 20.2 Å². The largest absolute Gasteiger partial charge is 0.416 e. The highest BCUT2D eigenvalue weighted by Gasteiger charge is 2.49. The van der Waals surface area contributed by atoms with Crippen LogP contribution in [0.15, 0.2) is 42.9 Å². The molecule has 9 heteroatoms. The molecule has 0 unspecified atom stereocenters. The molecule has 2 atom stereocenters. The summed E-state index contributed by atoms with van der Waals surface area (Å²) in [4.78, 5) is 25.7. The first kappa shape index (κ1) is 24.4. The van der Waals surface area contributed by atoms with Crippen molar-refractivity contribution >= 4 is 11.7 Å².